The van der Waals surface area contributed by atoms with Gasteiger partial charge in [0.25, 0.3) is 0 Å². The van der Waals surface area contributed by atoms with Crippen LogP contribution in [0.25, 0.3) is 0 Å². The molecule has 1 saturated heterocycles. The first-order chi connectivity index (χ1) is 18.4. The molecule has 3 atom stereocenters. The van der Waals surface area contributed by atoms with Gasteiger partial charge < -0.3 is 24.6 Å². The smallest absolute Gasteiger partial charge is 0.220 e. The van der Waals surface area contributed by atoms with E-state index in [1.54, 1.807) is 49.6 Å². The summed E-state index contributed by atoms with van der Waals surface area (Å²) in [5, 5.41) is 14.2. The van der Waals surface area contributed by atoms with Gasteiger partial charge in [-0.25, -0.2) is 4.39 Å². The summed E-state index contributed by atoms with van der Waals surface area (Å²) in [6.07, 6.45) is 1.33. The number of alkyl halides is 1. The summed E-state index contributed by atoms with van der Waals surface area (Å²) in [7, 11) is 1.58. The van der Waals surface area contributed by atoms with Crippen molar-refractivity contribution in [2.75, 3.05) is 40.0 Å². The summed E-state index contributed by atoms with van der Waals surface area (Å²) >= 11 is 0. The predicted octanol–water partition coefficient (Wildman–Crippen LogP) is 3.86. The Bertz CT molecular complexity index is 1080. The lowest BCUT2D eigenvalue weighted by Crippen LogP contribution is -2.46. The van der Waals surface area contributed by atoms with Crippen LogP contribution in [0.2, 0.25) is 0 Å². The molecule has 2 heterocycles. The number of hydrogen-bond donors (Lipinski definition) is 2. The largest absolute Gasteiger partial charge is 0.497 e. The van der Waals surface area contributed by atoms with Crippen molar-refractivity contribution in [2.45, 2.75) is 56.8 Å². The van der Waals surface area contributed by atoms with Crippen molar-refractivity contribution in [1.82, 2.24) is 10.2 Å². The van der Waals surface area contributed by atoms with Gasteiger partial charge in [0.05, 0.1) is 13.2 Å². The van der Waals surface area contributed by atoms with Crippen LogP contribution in [0.4, 0.5) is 4.39 Å². The van der Waals surface area contributed by atoms with Gasteiger partial charge in [0.15, 0.2) is 17.3 Å². The van der Waals surface area contributed by atoms with Crippen LogP contribution in [0.15, 0.2) is 42.5 Å². The Hall–Kier alpha value is -3.17. The van der Waals surface area contributed by atoms with E-state index in [0.717, 1.165) is 6.42 Å². The molecule has 2 aromatic carbocycles. The molecule has 2 aromatic rings. The van der Waals surface area contributed by atoms with E-state index < -0.39 is 18.3 Å². The Labute approximate surface area is 223 Å². The number of halogens is 1. The number of ether oxygens (including phenoxy) is 3. The zero-order valence-corrected chi connectivity index (χ0v) is 21.9. The highest BCUT2D eigenvalue weighted by Crippen LogP contribution is 2.33. The first-order valence-electron chi connectivity index (χ1n) is 13.3. The maximum absolute atomic E-state index is 13.8. The number of nitrogens with zero attached hydrogens (tertiary/aromatic N) is 1. The Kier molecular flexibility index (Phi) is 9.95. The van der Waals surface area contributed by atoms with Gasteiger partial charge in [-0.05, 0) is 61.2 Å². The van der Waals surface area contributed by atoms with Crippen LogP contribution in [-0.4, -0.2) is 73.9 Å². The second kappa shape index (κ2) is 13.6. The van der Waals surface area contributed by atoms with Gasteiger partial charge >= 0.3 is 0 Å². The molecule has 4 rings (SSSR count). The third-order valence-electron chi connectivity index (χ3n) is 7.02. The Morgan fingerprint density at radius 2 is 1.82 bits per heavy atom. The lowest BCUT2D eigenvalue weighted by atomic mass is 10.00. The third kappa shape index (κ3) is 7.68. The van der Waals surface area contributed by atoms with E-state index in [9.17, 15) is 19.1 Å². The minimum Gasteiger partial charge on any atom is -0.497 e. The fourth-order valence-corrected chi connectivity index (χ4v) is 4.88. The second-order valence-corrected chi connectivity index (χ2v) is 9.88. The van der Waals surface area contributed by atoms with E-state index >= 15 is 0 Å². The number of fused-ring (bicyclic) bond motifs is 1. The molecule has 2 aliphatic rings. The Morgan fingerprint density at radius 1 is 1.08 bits per heavy atom. The zero-order chi connectivity index (χ0) is 26.9. The average molecular weight is 529 g/mol. The molecule has 9 heteroatoms. The number of Topliss-reactive ketones (excluding diaryl/α,β-unsaturated/α-hetero) is 1. The summed E-state index contributed by atoms with van der Waals surface area (Å²) in [4.78, 5) is 27.1. The number of ketones is 1. The lowest BCUT2D eigenvalue weighted by molar-refractivity contribution is -0.123. The summed E-state index contributed by atoms with van der Waals surface area (Å²) in [6, 6.07) is 11.7. The van der Waals surface area contributed by atoms with Crippen molar-refractivity contribution in [3.63, 3.8) is 0 Å². The van der Waals surface area contributed by atoms with E-state index in [1.807, 2.05) is 4.90 Å². The van der Waals surface area contributed by atoms with Crippen molar-refractivity contribution < 1.29 is 33.3 Å². The lowest BCUT2D eigenvalue weighted by Gasteiger charge is -2.29. The zero-order valence-electron chi connectivity index (χ0n) is 21.9. The minimum absolute atomic E-state index is 0.0662. The number of amides is 1. The summed E-state index contributed by atoms with van der Waals surface area (Å²) in [6.45, 7) is 2.14. The molecular formula is C29H37FN2O6. The molecule has 2 N–H and O–H groups in total. The van der Waals surface area contributed by atoms with Crippen LogP contribution < -0.4 is 19.5 Å². The van der Waals surface area contributed by atoms with Gasteiger partial charge in [-0.15, -0.1) is 0 Å². The number of methoxy groups -OCH3 is 1. The Morgan fingerprint density at radius 3 is 2.53 bits per heavy atom. The number of carbonyl (C=O) groups excluding carboxylic acids is 2. The molecule has 0 radical (unpaired) electrons. The number of nitrogens with one attached hydrogen (secondary N) is 1. The van der Waals surface area contributed by atoms with Gasteiger partial charge in [0.1, 0.15) is 31.2 Å². The molecule has 0 aromatic heterocycles. The number of rotatable bonds is 13. The van der Waals surface area contributed by atoms with Crippen LogP contribution in [0.3, 0.4) is 0 Å². The van der Waals surface area contributed by atoms with Gasteiger partial charge in [-0.1, -0.05) is 12.5 Å². The highest BCUT2D eigenvalue weighted by atomic mass is 19.1. The highest BCUT2D eigenvalue weighted by molar-refractivity contribution is 5.96. The minimum atomic E-state index is -0.990. The van der Waals surface area contributed by atoms with Crippen molar-refractivity contribution in [2.24, 2.45) is 0 Å². The molecule has 8 nitrogen and oxygen atoms in total. The van der Waals surface area contributed by atoms with Crippen molar-refractivity contribution in [3.05, 3.63) is 53.6 Å². The molecular weight excluding hydrogens is 491 g/mol. The van der Waals surface area contributed by atoms with Gasteiger partial charge in [0.2, 0.25) is 5.91 Å². The Balaban J connectivity index is 1.27. The SMILES string of the molecule is COc1ccc(C(=O)CCCCCC(=O)N[C@H](CN2CC[C@@H](F)C2)C(O)c2ccc3c(c2)OCCO3)cc1. The van der Waals surface area contributed by atoms with Gasteiger partial charge in [0, 0.05) is 38.0 Å². The van der Waals surface area contributed by atoms with Gasteiger partial charge in [-0.2, -0.15) is 0 Å². The highest BCUT2D eigenvalue weighted by Gasteiger charge is 2.30. The topological polar surface area (TPSA) is 97.3 Å². The molecule has 1 unspecified atom stereocenters. The molecule has 2 aliphatic heterocycles. The number of aliphatic hydroxyl groups excluding tert-OH is 1. The van der Waals surface area contributed by atoms with E-state index in [0.29, 0.717) is 86.9 Å². The van der Waals surface area contributed by atoms with Crippen LogP contribution >= 0.6 is 0 Å². The van der Waals surface area contributed by atoms with Crippen LogP contribution in [-0.2, 0) is 4.79 Å². The summed E-state index contributed by atoms with van der Waals surface area (Å²) in [5.74, 6) is 1.78. The maximum Gasteiger partial charge on any atom is 0.220 e. The number of aliphatic hydroxyl groups is 1. The summed E-state index contributed by atoms with van der Waals surface area (Å²) in [5.41, 5.74) is 1.25. The predicted molar refractivity (Wildman–Crippen MR) is 141 cm³/mol. The number of unbranched alkanes of at least 4 members (excludes halogenated alkanes) is 2. The second-order valence-electron chi connectivity index (χ2n) is 9.88. The molecule has 206 valence electrons. The molecule has 0 bridgehead atoms. The first-order valence-corrected chi connectivity index (χ1v) is 13.3. The van der Waals surface area contributed by atoms with E-state index in [2.05, 4.69) is 5.32 Å². The van der Waals surface area contributed by atoms with E-state index in [4.69, 9.17) is 14.2 Å². The molecule has 0 aliphatic carbocycles. The average Bonchev–Trinajstić information content (AvgIpc) is 3.36. The number of hydrogen-bond acceptors (Lipinski definition) is 7. The maximum atomic E-state index is 13.8. The number of carbonyl (C=O) groups is 2. The van der Waals surface area contributed by atoms with Crippen molar-refractivity contribution in [3.8, 4) is 17.2 Å². The number of likely N-dealkylation sites (tertiary alicyclic amines) is 1. The summed E-state index contributed by atoms with van der Waals surface area (Å²) < 4.78 is 30.1. The third-order valence-corrected chi connectivity index (χ3v) is 7.02. The standard InChI is InChI=1S/C29H37FN2O6/c1-36-23-10-7-20(8-11-23)25(33)5-3-2-4-6-28(34)31-24(19-32-14-13-22(30)18-32)29(35)21-9-12-26-27(17-21)38-16-15-37-26/h7-12,17,22,24,29,35H,2-6,13-16,18-19H2,1H3,(H,31,34)/t22-,24-,29?/m1/s1. The molecule has 1 amide bonds. The normalized spacial score (nSPS) is 18.6. The van der Waals surface area contributed by atoms with Crippen molar-refractivity contribution in [1.29, 1.82) is 0 Å². The monoisotopic (exact) mass is 528 g/mol. The van der Waals surface area contributed by atoms with Crippen LogP contribution in [0, 0.1) is 0 Å². The molecule has 38 heavy (non-hydrogen) atoms. The molecule has 0 saturated carbocycles. The van der Waals surface area contributed by atoms with Crippen molar-refractivity contribution >= 4 is 11.7 Å². The molecule has 1 fully saturated rings. The fraction of sp³-hybridized carbons (Fsp3) is 0.517. The van der Waals surface area contributed by atoms with E-state index in [-0.39, 0.29) is 18.1 Å². The molecule has 0 spiro atoms. The van der Waals surface area contributed by atoms with Gasteiger partial charge in [-0.3, -0.25) is 14.5 Å². The van der Waals surface area contributed by atoms with Crippen LogP contribution in [0.5, 0.6) is 17.2 Å². The van der Waals surface area contributed by atoms with Crippen LogP contribution in [0.1, 0.15) is 60.6 Å². The quantitative estimate of drug-likeness (QED) is 0.301. The number of benzene rings is 2. The van der Waals surface area contributed by atoms with E-state index in [1.165, 1.54) is 0 Å². The first kappa shape index (κ1) is 27.9. The fourth-order valence-electron chi connectivity index (χ4n) is 4.88.